The average molecular weight is 235 g/mol. The van der Waals surface area contributed by atoms with Crippen molar-refractivity contribution >= 4 is 5.82 Å². The highest BCUT2D eigenvalue weighted by Crippen LogP contribution is 2.20. The summed E-state index contributed by atoms with van der Waals surface area (Å²) in [6, 6.07) is 1.77. The minimum Gasteiger partial charge on any atom is -0.384 e. The van der Waals surface area contributed by atoms with Crippen LogP contribution in [0, 0.1) is 6.92 Å². The molecule has 4 nitrogen and oxygen atoms in total. The van der Waals surface area contributed by atoms with Crippen LogP contribution in [0.5, 0.6) is 0 Å². The number of hydrogen-bond acceptors (Lipinski definition) is 4. The molecule has 0 aliphatic heterocycles. The van der Waals surface area contributed by atoms with E-state index in [1.165, 1.54) is 38.5 Å². The fourth-order valence-corrected chi connectivity index (χ4v) is 2.32. The van der Waals surface area contributed by atoms with E-state index >= 15 is 0 Å². The summed E-state index contributed by atoms with van der Waals surface area (Å²) in [6.07, 6.45) is 7.95. The van der Waals surface area contributed by atoms with Crippen LogP contribution in [0.2, 0.25) is 0 Å². The molecule has 1 aromatic heterocycles. The molecular formula is C13H21N3O. The van der Waals surface area contributed by atoms with E-state index in [0.29, 0.717) is 24.4 Å². The van der Waals surface area contributed by atoms with Gasteiger partial charge in [-0.1, -0.05) is 25.7 Å². The van der Waals surface area contributed by atoms with Gasteiger partial charge in [-0.2, -0.15) is 0 Å². The minimum atomic E-state index is 0.378. The molecule has 0 aromatic carbocycles. The smallest absolute Gasteiger partial charge is 0.156 e. The fourth-order valence-electron chi connectivity index (χ4n) is 2.32. The molecule has 0 radical (unpaired) electrons. The van der Waals surface area contributed by atoms with Gasteiger partial charge in [0.05, 0.1) is 6.10 Å². The van der Waals surface area contributed by atoms with Crippen molar-refractivity contribution in [2.45, 2.75) is 58.2 Å². The molecule has 2 rings (SSSR count). The Balaban J connectivity index is 1.87. The molecule has 1 saturated carbocycles. The van der Waals surface area contributed by atoms with Crippen molar-refractivity contribution in [3.8, 4) is 0 Å². The summed E-state index contributed by atoms with van der Waals surface area (Å²) in [5.74, 6) is 1.23. The summed E-state index contributed by atoms with van der Waals surface area (Å²) in [6.45, 7) is 2.41. The van der Waals surface area contributed by atoms with Crippen LogP contribution in [0.4, 0.5) is 5.82 Å². The lowest BCUT2D eigenvalue weighted by Crippen LogP contribution is -2.13. The molecule has 0 unspecified atom stereocenters. The lowest BCUT2D eigenvalue weighted by atomic mass is 10.1. The first-order valence-electron chi connectivity index (χ1n) is 6.45. The number of rotatable bonds is 3. The number of aromatic nitrogens is 2. The first-order chi connectivity index (χ1) is 8.24. The van der Waals surface area contributed by atoms with Crippen molar-refractivity contribution < 1.29 is 4.74 Å². The Bertz CT molecular complexity index is 339. The monoisotopic (exact) mass is 235 g/mol. The minimum absolute atomic E-state index is 0.378. The second kappa shape index (κ2) is 5.96. The molecular weight excluding hydrogens is 214 g/mol. The van der Waals surface area contributed by atoms with E-state index in [2.05, 4.69) is 9.97 Å². The third-order valence-electron chi connectivity index (χ3n) is 3.17. The van der Waals surface area contributed by atoms with Crippen LogP contribution < -0.4 is 5.73 Å². The van der Waals surface area contributed by atoms with Gasteiger partial charge >= 0.3 is 0 Å². The molecule has 94 valence electrons. The first kappa shape index (κ1) is 12.3. The number of hydrogen-bond donors (Lipinski definition) is 1. The van der Waals surface area contributed by atoms with Gasteiger partial charge < -0.3 is 10.5 Å². The predicted octanol–water partition coefficient (Wildman–Crippen LogP) is 2.61. The summed E-state index contributed by atoms with van der Waals surface area (Å²) in [4.78, 5) is 8.51. The van der Waals surface area contributed by atoms with Crippen LogP contribution in [0.15, 0.2) is 6.07 Å². The van der Waals surface area contributed by atoms with Gasteiger partial charge in [0.15, 0.2) is 5.82 Å². The zero-order valence-corrected chi connectivity index (χ0v) is 10.5. The Hall–Kier alpha value is -1.16. The Labute approximate surface area is 103 Å². The number of anilines is 1. The Morgan fingerprint density at radius 1 is 1.24 bits per heavy atom. The predicted molar refractivity (Wildman–Crippen MR) is 67.5 cm³/mol. The molecule has 1 aromatic rings. The second-order valence-corrected chi connectivity index (χ2v) is 4.77. The van der Waals surface area contributed by atoms with E-state index in [4.69, 9.17) is 10.5 Å². The number of aryl methyl sites for hydroxylation is 1. The van der Waals surface area contributed by atoms with E-state index in [0.717, 1.165) is 5.69 Å². The zero-order chi connectivity index (χ0) is 12.1. The van der Waals surface area contributed by atoms with Crippen molar-refractivity contribution in [2.24, 2.45) is 0 Å². The van der Waals surface area contributed by atoms with Crippen LogP contribution in [-0.2, 0) is 11.3 Å². The summed E-state index contributed by atoms with van der Waals surface area (Å²) in [7, 11) is 0. The zero-order valence-electron chi connectivity index (χ0n) is 10.5. The van der Waals surface area contributed by atoms with Crippen LogP contribution in [0.25, 0.3) is 0 Å². The van der Waals surface area contributed by atoms with E-state index < -0.39 is 0 Å². The lowest BCUT2D eigenvalue weighted by Gasteiger charge is -2.14. The SMILES string of the molecule is Cc1cc(N)nc(COC2CCCCCC2)n1. The normalized spacial score (nSPS) is 17.9. The lowest BCUT2D eigenvalue weighted by molar-refractivity contribution is 0.0273. The van der Waals surface area contributed by atoms with Gasteiger partial charge in [-0.3, -0.25) is 0 Å². The van der Waals surface area contributed by atoms with Gasteiger partial charge in [-0.15, -0.1) is 0 Å². The third kappa shape index (κ3) is 3.97. The number of ether oxygens (including phenoxy) is 1. The van der Waals surface area contributed by atoms with Gasteiger partial charge in [-0.25, -0.2) is 9.97 Å². The van der Waals surface area contributed by atoms with Crippen molar-refractivity contribution in [2.75, 3.05) is 5.73 Å². The maximum Gasteiger partial charge on any atom is 0.156 e. The maximum atomic E-state index is 5.88. The second-order valence-electron chi connectivity index (χ2n) is 4.77. The van der Waals surface area contributed by atoms with Crippen LogP contribution in [-0.4, -0.2) is 16.1 Å². The Kier molecular flexibility index (Phi) is 4.31. The van der Waals surface area contributed by atoms with Crippen molar-refractivity contribution in [1.29, 1.82) is 0 Å². The summed E-state index contributed by atoms with van der Waals surface area (Å²) in [5, 5.41) is 0. The molecule has 1 heterocycles. The maximum absolute atomic E-state index is 5.88. The van der Waals surface area contributed by atoms with Crippen molar-refractivity contribution in [3.63, 3.8) is 0 Å². The first-order valence-corrected chi connectivity index (χ1v) is 6.45. The molecule has 0 amide bonds. The van der Waals surface area contributed by atoms with Gasteiger partial charge in [-0.05, 0) is 19.8 Å². The van der Waals surface area contributed by atoms with E-state index in [1.54, 1.807) is 6.07 Å². The standard InChI is InChI=1S/C13H21N3O/c1-10-8-12(14)16-13(15-10)9-17-11-6-4-2-3-5-7-11/h8,11H,2-7,9H2,1H3,(H2,14,15,16). The molecule has 0 atom stereocenters. The van der Waals surface area contributed by atoms with Gasteiger partial charge in [0.25, 0.3) is 0 Å². The van der Waals surface area contributed by atoms with Crippen LogP contribution >= 0.6 is 0 Å². The van der Waals surface area contributed by atoms with Gasteiger partial charge in [0.2, 0.25) is 0 Å². The number of nitrogens with two attached hydrogens (primary N) is 1. The number of nitrogen functional groups attached to an aromatic ring is 1. The average Bonchev–Trinajstić information content (AvgIpc) is 2.53. The highest BCUT2D eigenvalue weighted by Gasteiger charge is 2.13. The van der Waals surface area contributed by atoms with Crippen molar-refractivity contribution in [1.82, 2.24) is 9.97 Å². The Morgan fingerprint density at radius 3 is 2.59 bits per heavy atom. The number of nitrogens with zero attached hydrogens (tertiary/aromatic N) is 2. The highest BCUT2D eigenvalue weighted by atomic mass is 16.5. The largest absolute Gasteiger partial charge is 0.384 e. The van der Waals surface area contributed by atoms with Gasteiger partial charge in [0, 0.05) is 11.8 Å². The topological polar surface area (TPSA) is 61.0 Å². The molecule has 0 bridgehead atoms. The molecule has 0 spiro atoms. The Morgan fingerprint density at radius 2 is 1.94 bits per heavy atom. The third-order valence-corrected chi connectivity index (χ3v) is 3.17. The molecule has 1 fully saturated rings. The summed E-state index contributed by atoms with van der Waals surface area (Å²) in [5.41, 5.74) is 6.59. The highest BCUT2D eigenvalue weighted by molar-refractivity contribution is 5.28. The molecule has 1 aliphatic carbocycles. The summed E-state index contributed by atoms with van der Waals surface area (Å²) >= 11 is 0. The molecule has 1 aliphatic rings. The quantitative estimate of drug-likeness (QED) is 0.818. The van der Waals surface area contributed by atoms with Gasteiger partial charge in [0.1, 0.15) is 12.4 Å². The van der Waals surface area contributed by atoms with E-state index in [-0.39, 0.29) is 0 Å². The van der Waals surface area contributed by atoms with E-state index in [9.17, 15) is 0 Å². The van der Waals surface area contributed by atoms with Crippen molar-refractivity contribution in [3.05, 3.63) is 17.6 Å². The molecule has 2 N–H and O–H groups in total. The summed E-state index contributed by atoms with van der Waals surface area (Å²) < 4.78 is 5.88. The van der Waals surface area contributed by atoms with Crippen LogP contribution in [0.1, 0.15) is 50.0 Å². The molecule has 17 heavy (non-hydrogen) atoms. The fraction of sp³-hybridized carbons (Fsp3) is 0.692. The molecule has 0 saturated heterocycles. The van der Waals surface area contributed by atoms with Crippen LogP contribution in [0.3, 0.4) is 0 Å². The molecule has 4 heteroatoms. The van der Waals surface area contributed by atoms with E-state index in [1.807, 2.05) is 6.92 Å².